The van der Waals surface area contributed by atoms with Crippen LogP contribution in [-0.2, 0) is 9.53 Å². The second-order valence-electron chi connectivity index (χ2n) is 11.0. The number of likely N-dealkylation sites (tertiary alicyclic amines) is 2. The molecule has 188 valence electrons. The Morgan fingerprint density at radius 2 is 1.56 bits per heavy atom. The van der Waals surface area contributed by atoms with E-state index in [-0.39, 0.29) is 18.1 Å². The zero-order valence-corrected chi connectivity index (χ0v) is 21.2. The smallest absolute Gasteiger partial charge is 0.410 e. The lowest BCUT2D eigenvalue weighted by atomic mass is 9.93. The van der Waals surface area contributed by atoms with Crippen molar-refractivity contribution in [1.82, 2.24) is 14.7 Å². The zero-order chi connectivity index (χ0) is 24.1. The first kappa shape index (κ1) is 24.8. The minimum absolute atomic E-state index is 0.132. The Labute approximate surface area is 205 Å². The number of carbonyl (C=O) groups is 2. The normalized spacial score (nSPS) is 23.1. The van der Waals surface area contributed by atoms with Crippen molar-refractivity contribution in [3.05, 3.63) is 30.3 Å². The molecule has 0 aliphatic carbocycles. The molecule has 1 aromatic carbocycles. The largest absolute Gasteiger partial charge is 0.444 e. The van der Waals surface area contributed by atoms with E-state index in [1.165, 1.54) is 5.69 Å². The standard InChI is InChI=1S/C27H42N4O3/c1-27(2,3)34-26(33)31-14-8-7-11-24(31)21-28-15-12-22(13-16-28)25(32)30-19-17-29(18-20-30)23-9-5-4-6-10-23/h4-6,9-10,22,24H,7-8,11-21H2,1-3H3/t24-/m1/s1. The lowest BCUT2D eigenvalue weighted by Crippen LogP contribution is -2.53. The van der Waals surface area contributed by atoms with Gasteiger partial charge < -0.3 is 24.3 Å². The Hall–Kier alpha value is -2.28. The lowest BCUT2D eigenvalue weighted by Gasteiger charge is -2.42. The quantitative estimate of drug-likeness (QED) is 0.669. The third-order valence-corrected chi connectivity index (χ3v) is 7.37. The number of carbonyl (C=O) groups excluding carboxylic acids is 2. The number of ether oxygens (including phenoxy) is 1. The average molecular weight is 471 g/mol. The van der Waals surface area contributed by atoms with Gasteiger partial charge in [-0.1, -0.05) is 18.2 Å². The van der Waals surface area contributed by atoms with E-state index >= 15 is 0 Å². The maximum Gasteiger partial charge on any atom is 0.410 e. The highest BCUT2D eigenvalue weighted by atomic mass is 16.6. The minimum Gasteiger partial charge on any atom is -0.444 e. The summed E-state index contributed by atoms with van der Waals surface area (Å²) in [5.74, 6) is 0.466. The number of piperazine rings is 1. The molecule has 0 radical (unpaired) electrons. The summed E-state index contributed by atoms with van der Waals surface area (Å²) in [5, 5.41) is 0. The summed E-state index contributed by atoms with van der Waals surface area (Å²) in [4.78, 5) is 34.7. The van der Waals surface area contributed by atoms with E-state index in [2.05, 4.69) is 39.0 Å². The third-order valence-electron chi connectivity index (χ3n) is 7.37. The molecular formula is C27H42N4O3. The molecule has 7 nitrogen and oxygen atoms in total. The first-order valence-corrected chi connectivity index (χ1v) is 13.1. The summed E-state index contributed by atoms with van der Waals surface area (Å²) in [6.07, 6.45) is 4.88. The van der Waals surface area contributed by atoms with Crippen LogP contribution in [0.3, 0.4) is 0 Å². The van der Waals surface area contributed by atoms with Gasteiger partial charge in [-0.05, 0) is 78.1 Å². The van der Waals surface area contributed by atoms with E-state index in [0.29, 0.717) is 5.91 Å². The van der Waals surface area contributed by atoms with Gasteiger partial charge in [0.05, 0.1) is 0 Å². The van der Waals surface area contributed by atoms with Crippen LogP contribution in [0.4, 0.5) is 10.5 Å². The second kappa shape index (κ2) is 11.0. The molecule has 3 aliphatic rings. The Kier molecular flexibility index (Phi) is 8.02. The molecule has 3 aliphatic heterocycles. The van der Waals surface area contributed by atoms with Gasteiger partial charge >= 0.3 is 6.09 Å². The fraction of sp³-hybridized carbons (Fsp3) is 0.704. The summed E-state index contributed by atoms with van der Waals surface area (Å²) >= 11 is 0. The number of para-hydroxylation sites is 1. The van der Waals surface area contributed by atoms with Gasteiger partial charge in [0.25, 0.3) is 0 Å². The monoisotopic (exact) mass is 470 g/mol. The predicted molar refractivity (Wildman–Crippen MR) is 135 cm³/mol. The van der Waals surface area contributed by atoms with Gasteiger partial charge in [0, 0.05) is 56.9 Å². The minimum atomic E-state index is -0.468. The van der Waals surface area contributed by atoms with E-state index in [4.69, 9.17) is 4.74 Å². The van der Waals surface area contributed by atoms with Crippen molar-refractivity contribution < 1.29 is 14.3 Å². The molecule has 4 rings (SSSR count). The lowest BCUT2D eigenvalue weighted by molar-refractivity contribution is -0.137. The van der Waals surface area contributed by atoms with Crippen LogP contribution in [0.5, 0.6) is 0 Å². The highest BCUT2D eigenvalue weighted by Crippen LogP contribution is 2.25. The van der Waals surface area contributed by atoms with E-state index in [1.54, 1.807) is 0 Å². The van der Waals surface area contributed by atoms with Crippen molar-refractivity contribution in [1.29, 1.82) is 0 Å². The first-order valence-electron chi connectivity index (χ1n) is 13.1. The fourth-order valence-electron chi connectivity index (χ4n) is 5.49. The van der Waals surface area contributed by atoms with Gasteiger partial charge in [0.1, 0.15) is 5.60 Å². The molecule has 3 heterocycles. The number of hydrogen-bond donors (Lipinski definition) is 0. The molecule has 3 saturated heterocycles. The summed E-state index contributed by atoms with van der Waals surface area (Å²) in [6.45, 7) is 12.7. The molecular weight excluding hydrogens is 428 g/mol. The summed E-state index contributed by atoms with van der Waals surface area (Å²) in [5.41, 5.74) is 0.774. The number of anilines is 1. The van der Waals surface area contributed by atoms with Gasteiger partial charge in [-0.3, -0.25) is 4.79 Å². The Bertz CT molecular complexity index is 809. The van der Waals surface area contributed by atoms with Crippen molar-refractivity contribution in [3.63, 3.8) is 0 Å². The van der Waals surface area contributed by atoms with E-state index in [9.17, 15) is 9.59 Å². The van der Waals surface area contributed by atoms with Crippen LogP contribution in [0, 0.1) is 5.92 Å². The van der Waals surface area contributed by atoms with Crippen LogP contribution in [0.25, 0.3) is 0 Å². The van der Waals surface area contributed by atoms with Crippen molar-refractivity contribution in [2.45, 2.75) is 64.5 Å². The number of piperidine rings is 2. The van der Waals surface area contributed by atoms with Crippen molar-refractivity contribution in [3.8, 4) is 0 Å². The number of benzene rings is 1. The second-order valence-corrected chi connectivity index (χ2v) is 11.0. The van der Waals surface area contributed by atoms with Crippen molar-refractivity contribution in [2.75, 3.05) is 57.3 Å². The predicted octanol–water partition coefficient (Wildman–Crippen LogP) is 3.84. The SMILES string of the molecule is CC(C)(C)OC(=O)N1CCCC[C@@H]1CN1CCC(C(=O)N2CCN(c3ccccc3)CC2)CC1. The molecule has 0 unspecified atom stereocenters. The van der Waals surface area contributed by atoms with E-state index in [1.807, 2.05) is 31.7 Å². The number of hydrogen-bond acceptors (Lipinski definition) is 5. The molecule has 2 amide bonds. The van der Waals surface area contributed by atoms with Crippen LogP contribution in [0.1, 0.15) is 52.9 Å². The number of rotatable bonds is 4. The van der Waals surface area contributed by atoms with Gasteiger partial charge in [-0.2, -0.15) is 0 Å². The van der Waals surface area contributed by atoms with Gasteiger partial charge in [0.15, 0.2) is 0 Å². The molecule has 1 aromatic rings. The average Bonchev–Trinajstić information content (AvgIpc) is 2.84. The first-order chi connectivity index (χ1) is 16.3. The fourth-order valence-corrected chi connectivity index (χ4v) is 5.49. The van der Waals surface area contributed by atoms with Crippen molar-refractivity contribution >= 4 is 17.7 Å². The molecule has 0 spiro atoms. The Morgan fingerprint density at radius 3 is 2.21 bits per heavy atom. The molecule has 0 saturated carbocycles. The maximum atomic E-state index is 13.2. The van der Waals surface area contributed by atoms with Crippen molar-refractivity contribution in [2.24, 2.45) is 5.92 Å². The molecule has 0 N–H and O–H groups in total. The Balaban J connectivity index is 1.23. The van der Waals surface area contributed by atoms with Crippen LogP contribution >= 0.6 is 0 Å². The zero-order valence-electron chi connectivity index (χ0n) is 21.2. The van der Waals surface area contributed by atoms with E-state index in [0.717, 1.165) is 84.5 Å². The van der Waals surface area contributed by atoms with Gasteiger partial charge in [-0.25, -0.2) is 4.79 Å². The van der Waals surface area contributed by atoms with Crippen LogP contribution in [-0.4, -0.2) is 90.7 Å². The third kappa shape index (κ3) is 6.44. The summed E-state index contributed by atoms with van der Waals surface area (Å²) in [6, 6.07) is 10.7. The number of nitrogens with zero attached hydrogens (tertiary/aromatic N) is 4. The molecule has 1 atom stereocenters. The van der Waals surface area contributed by atoms with Crippen LogP contribution in [0.15, 0.2) is 30.3 Å². The summed E-state index contributed by atoms with van der Waals surface area (Å²) < 4.78 is 5.66. The van der Waals surface area contributed by atoms with E-state index < -0.39 is 5.60 Å². The van der Waals surface area contributed by atoms with Gasteiger partial charge in [0.2, 0.25) is 5.91 Å². The van der Waals surface area contributed by atoms with Crippen LogP contribution < -0.4 is 4.90 Å². The molecule has 3 fully saturated rings. The number of amides is 2. The topological polar surface area (TPSA) is 56.3 Å². The molecule has 34 heavy (non-hydrogen) atoms. The molecule has 0 aromatic heterocycles. The highest BCUT2D eigenvalue weighted by Gasteiger charge is 2.34. The van der Waals surface area contributed by atoms with Gasteiger partial charge in [-0.15, -0.1) is 0 Å². The van der Waals surface area contributed by atoms with Crippen LogP contribution in [0.2, 0.25) is 0 Å². The molecule has 0 bridgehead atoms. The summed E-state index contributed by atoms with van der Waals surface area (Å²) in [7, 11) is 0. The maximum absolute atomic E-state index is 13.2. The molecule has 7 heteroatoms. The highest BCUT2D eigenvalue weighted by molar-refractivity contribution is 5.79. The Morgan fingerprint density at radius 1 is 0.882 bits per heavy atom.